The van der Waals surface area contributed by atoms with E-state index in [1.54, 1.807) is 24.3 Å². The van der Waals surface area contributed by atoms with Crippen molar-refractivity contribution in [3.8, 4) is 0 Å². The Bertz CT molecular complexity index is 1050. The van der Waals surface area contributed by atoms with Gasteiger partial charge in [0.15, 0.2) is 0 Å². The summed E-state index contributed by atoms with van der Waals surface area (Å²) in [6.45, 7) is -0.107. The van der Waals surface area contributed by atoms with Gasteiger partial charge in [-0.25, -0.2) is 9.18 Å². The van der Waals surface area contributed by atoms with E-state index in [9.17, 15) is 14.0 Å². The van der Waals surface area contributed by atoms with E-state index in [1.807, 2.05) is 42.5 Å². The third-order valence-corrected chi connectivity index (χ3v) is 4.37. The van der Waals surface area contributed by atoms with Crippen molar-refractivity contribution in [1.82, 2.24) is 10.2 Å². The van der Waals surface area contributed by atoms with Crippen LogP contribution < -0.4 is 5.32 Å². The van der Waals surface area contributed by atoms with Gasteiger partial charge in [-0.05, 0) is 28.5 Å². The zero-order chi connectivity index (χ0) is 18.1. The van der Waals surface area contributed by atoms with E-state index < -0.39 is 17.8 Å². The molecule has 1 saturated heterocycles. The minimum absolute atomic E-state index is 0.107. The van der Waals surface area contributed by atoms with E-state index >= 15 is 0 Å². The summed E-state index contributed by atoms with van der Waals surface area (Å²) in [4.78, 5) is 25.8. The topological polar surface area (TPSA) is 49.4 Å². The third-order valence-electron chi connectivity index (χ3n) is 4.37. The van der Waals surface area contributed by atoms with Gasteiger partial charge in [0.25, 0.3) is 5.91 Å². The van der Waals surface area contributed by atoms with Crippen LogP contribution in [0.15, 0.2) is 72.4 Å². The van der Waals surface area contributed by atoms with Gasteiger partial charge in [0.2, 0.25) is 0 Å². The lowest BCUT2D eigenvalue weighted by molar-refractivity contribution is -0.123. The average Bonchev–Trinajstić information content (AvgIpc) is 2.91. The predicted octanol–water partition coefficient (Wildman–Crippen LogP) is 4.07. The second-order valence-corrected chi connectivity index (χ2v) is 6.04. The standard InChI is InChI=1S/C21H15FN2O2/c22-18-11-4-2-7-16(18)13-24-20(25)19(23-21(24)26)12-15-9-5-8-14-6-1-3-10-17(14)15/h1-12H,13H2,(H,23,26)/b19-12+. The van der Waals surface area contributed by atoms with Crippen LogP contribution in [0.1, 0.15) is 11.1 Å². The Morgan fingerprint density at radius 3 is 2.50 bits per heavy atom. The molecule has 0 radical (unpaired) electrons. The predicted molar refractivity (Wildman–Crippen MR) is 97.4 cm³/mol. The van der Waals surface area contributed by atoms with Crippen LogP contribution in [0.25, 0.3) is 16.8 Å². The molecule has 1 heterocycles. The largest absolute Gasteiger partial charge is 0.329 e. The molecule has 0 unspecified atom stereocenters. The van der Waals surface area contributed by atoms with Gasteiger partial charge in [0.05, 0.1) is 6.54 Å². The Balaban J connectivity index is 1.66. The Kier molecular flexibility index (Phi) is 3.97. The molecule has 1 aliphatic rings. The van der Waals surface area contributed by atoms with Crippen molar-refractivity contribution in [2.24, 2.45) is 0 Å². The summed E-state index contributed by atoms with van der Waals surface area (Å²) in [6, 6.07) is 19.1. The number of imide groups is 1. The number of nitrogens with one attached hydrogen (secondary N) is 1. The monoisotopic (exact) mass is 346 g/mol. The van der Waals surface area contributed by atoms with Crippen LogP contribution >= 0.6 is 0 Å². The fraction of sp³-hybridized carbons (Fsp3) is 0.0476. The molecular weight excluding hydrogens is 331 g/mol. The lowest BCUT2D eigenvalue weighted by Crippen LogP contribution is -2.30. The van der Waals surface area contributed by atoms with Crippen molar-refractivity contribution in [2.75, 3.05) is 0 Å². The van der Waals surface area contributed by atoms with Crippen LogP contribution in [-0.4, -0.2) is 16.8 Å². The highest BCUT2D eigenvalue weighted by Gasteiger charge is 2.34. The summed E-state index contributed by atoms with van der Waals surface area (Å²) >= 11 is 0. The average molecular weight is 346 g/mol. The fourth-order valence-corrected chi connectivity index (χ4v) is 3.04. The van der Waals surface area contributed by atoms with Crippen LogP contribution in [0.3, 0.4) is 0 Å². The first-order valence-electron chi connectivity index (χ1n) is 8.19. The molecule has 0 aliphatic carbocycles. The molecule has 0 spiro atoms. The van der Waals surface area contributed by atoms with E-state index in [1.165, 1.54) is 6.07 Å². The number of nitrogens with zero attached hydrogens (tertiary/aromatic N) is 1. The zero-order valence-corrected chi connectivity index (χ0v) is 13.8. The highest BCUT2D eigenvalue weighted by atomic mass is 19.1. The van der Waals surface area contributed by atoms with E-state index in [0.717, 1.165) is 21.2 Å². The van der Waals surface area contributed by atoms with Gasteiger partial charge in [-0.1, -0.05) is 60.7 Å². The molecule has 0 aromatic heterocycles. The van der Waals surface area contributed by atoms with Crippen molar-refractivity contribution in [3.05, 3.63) is 89.4 Å². The number of rotatable bonds is 3. The van der Waals surface area contributed by atoms with Gasteiger partial charge >= 0.3 is 6.03 Å². The Morgan fingerprint density at radius 2 is 1.65 bits per heavy atom. The maximum absolute atomic E-state index is 13.8. The summed E-state index contributed by atoms with van der Waals surface area (Å²) in [6.07, 6.45) is 1.66. The molecule has 1 N–H and O–H groups in total. The first kappa shape index (κ1) is 16.0. The lowest BCUT2D eigenvalue weighted by atomic mass is 10.0. The van der Waals surface area contributed by atoms with Crippen molar-refractivity contribution in [2.45, 2.75) is 6.54 Å². The second-order valence-electron chi connectivity index (χ2n) is 6.04. The number of halogens is 1. The molecule has 0 bridgehead atoms. The minimum Gasteiger partial charge on any atom is -0.303 e. The second kappa shape index (κ2) is 6.44. The van der Waals surface area contributed by atoms with Crippen molar-refractivity contribution < 1.29 is 14.0 Å². The first-order chi connectivity index (χ1) is 12.6. The highest BCUT2D eigenvalue weighted by Crippen LogP contribution is 2.23. The number of amides is 3. The molecule has 3 aromatic carbocycles. The molecule has 128 valence electrons. The summed E-state index contributed by atoms with van der Waals surface area (Å²) in [5, 5.41) is 4.61. The fourth-order valence-electron chi connectivity index (χ4n) is 3.04. The Morgan fingerprint density at radius 1 is 0.923 bits per heavy atom. The van der Waals surface area contributed by atoms with E-state index in [4.69, 9.17) is 0 Å². The van der Waals surface area contributed by atoms with Crippen molar-refractivity contribution in [3.63, 3.8) is 0 Å². The molecular formula is C21H15FN2O2. The molecule has 26 heavy (non-hydrogen) atoms. The Labute approximate surface area is 149 Å². The number of hydrogen-bond donors (Lipinski definition) is 1. The molecule has 1 aliphatic heterocycles. The number of hydrogen-bond acceptors (Lipinski definition) is 2. The molecule has 4 nitrogen and oxygen atoms in total. The van der Waals surface area contributed by atoms with Crippen LogP contribution in [-0.2, 0) is 11.3 Å². The van der Waals surface area contributed by atoms with Gasteiger partial charge in [0.1, 0.15) is 11.5 Å². The van der Waals surface area contributed by atoms with Crippen LogP contribution in [0.5, 0.6) is 0 Å². The maximum Gasteiger partial charge on any atom is 0.329 e. The number of benzene rings is 3. The van der Waals surface area contributed by atoms with Crippen LogP contribution in [0.4, 0.5) is 9.18 Å². The molecule has 4 rings (SSSR count). The first-order valence-corrected chi connectivity index (χ1v) is 8.19. The summed E-state index contributed by atoms with van der Waals surface area (Å²) in [5.41, 5.74) is 1.31. The zero-order valence-electron chi connectivity index (χ0n) is 13.8. The highest BCUT2D eigenvalue weighted by molar-refractivity contribution is 6.14. The van der Waals surface area contributed by atoms with Gasteiger partial charge < -0.3 is 5.32 Å². The minimum atomic E-state index is -0.551. The third kappa shape index (κ3) is 2.84. The molecule has 0 saturated carbocycles. The maximum atomic E-state index is 13.8. The number of urea groups is 1. The summed E-state index contributed by atoms with van der Waals surface area (Å²) in [5.74, 6) is -0.911. The van der Waals surface area contributed by atoms with Crippen molar-refractivity contribution >= 4 is 28.8 Å². The van der Waals surface area contributed by atoms with Gasteiger partial charge in [-0.2, -0.15) is 0 Å². The molecule has 1 fully saturated rings. The van der Waals surface area contributed by atoms with E-state index in [-0.39, 0.29) is 12.2 Å². The van der Waals surface area contributed by atoms with Gasteiger partial charge in [0, 0.05) is 5.56 Å². The number of carbonyl (C=O) groups excluding carboxylic acids is 2. The molecule has 3 amide bonds. The van der Waals surface area contributed by atoms with E-state index in [2.05, 4.69) is 5.32 Å². The van der Waals surface area contributed by atoms with Crippen LogP contribution in [0, 0.1) is 5.82 Å². The van der Waals surface area contributed by atoms with Crippen LogP contribution in [0.2, 0.25) is 0 Å². The van der Waals surface area contributed by atoms with Gasteiger partial charge in [-0.3, -0.25) is 9.69 Å². The molecule has 5 heteroatoms. The van der Waals surface area contributed by atoms with E-state index in [0.29, 0.717) is 5.56 Å². The summed E-state index contributed by atoms with van der Waals surface area (Å²) < 4.78 is 13.8. The number of fused-ring (bicyclic) bond motifs is 1. The quantitative estimate of drug-likeness (QED) is 0.574. The summed E-state index contributed by atoms with van der Waals surface area (Å²) in [7, 11) is 0. The normalized spacial score (nSPS) is 15.7. The SMILES string of the molecule is O=C1N/C(=C/c2cccc3ccccc23)C(=O)N1Cc1ccccc1F. The van der Waals surface area contributed by atoms with Gasteiger partial charge in [-0.15, -0.1) is 0 Å². The lowest BCUT2D eigenvalue weighted by Gasteiger charge is -2.12. The molecule has 3 aromatic rings. The van der Waals surface area contributed by atoms with Crippen molar-refractivity contribution in [1.29, 1.82) is 0 Å². The Hall–Kier alpha value is -3.47. The smallest absolute Gasteiger partial charge is 0.303 e. The molecule has 0 atom stereocenters. The number of carbonyl (C=O) groups is 2.